The number of thiocarbonyl (C=S) groups is 1. The fraction of sp³-hybridized carbons (Fsp3) is 0.150. The molecule has 0 atom stereocenters. The van der Waals surface area contributed by atoms with Gasteiger partial charge in [0.2, 0.25) is 0 Å². The lowest BCUT2D eigenvalue weighted by molar-refractivity contribution is 0.0972. The van der Waals surface area contributed by atoms with Gasteiger partial charge in [0.15, 0.2) is 10.2 Å². The van der Waals surface area contributed by atoms with Crippen molar-refractivity contribution in [2.75, 3.05) is 10.0 Å². The molecule has 1 aromatic heterocycles. The summed E-state index contributed by atoms with van der Waals surface area (Å²) in [5.74, 6) is -0.00270. The number of ether oxygens (including phenoxy) is 1. The van der Waals surface area contributed by atoms with Gasteiger partial charge in [0, 0.05) is 21.7 Å². The maximum absolute atomic E-state index is 12.7. The van der Waals surface area contributed by atoms with Gasteiger partial charge >= 0.3 is 0 Å². The summed E-state index contributed by atoms with van der Waals surface area (Å²) in [7, 11) is -3.75. The number of halogens is 1. The minimum absolute atomic E-state index is 0.0574. The zero-order chi connectivity index (χ0) is 23.3. The van der Waals surface area contributed by atoms with Crippen molar-refractivity contribution in [2.24, 2.45) is 0 Å². The molecule has 3 N–H and O–H groups in total. The second-order valence-electron chi connectivity index (χ2n) is 6.68. The first-order valence-electron chi connectivity index (χ1n) is 9.25. The smallest absolute Gasteiger partial charge is 0.263 e. The minimum Gasteiger partial charge on any atom is -0.490 e. The highest BCUT2D eigenvalue weighted by Gasteiger charge is 2.17. The molecule has 0 aliphatic heterocycles. The van der Waals surface area contributed by atoms with Gasteiger partial charge in [0.05, 0.1) is 16.6 Å². The SMILES string of the molecule is CC(C)Oc1ccc(Br)cc1C(=O)NC(=S)Nc1ccc(S(=O)(=O)Nc2nccs2)cc1. The molecule has 0 unspecified atom stereocenters. The normalized spacial score (nSPS) is 11.1. The number of hydrogen-bond acceptors (Lipinski definition) is 7. The van der Waals surface area contributed by atoms with E-state index in [1.165, 1.54) is 29.7 Å². The number of nitrogens with zero attached hydrogens (tertiary/aromatic N) is 1. The number of anilines is 2. The van der Waals surface area contributed by atoms with Crippen LogP contribution < -0.4 is 20.1 Å². The van der Waals surface area contributed by atoms with E-state index in [2.05, 4.69) is 36.3 Å². The molecule has 0 spiro atoms. The van der Waals surface area contributed by atoms with Crippen LogP contribution in [-0.4, -0.2) is 30.5 Å². The number of sulfonamides is 1. The summed E-state index contributed by atoms with van der Waals surface area (Å²) in [5, 5.41) is 7.48. The first-order chi connectivity index (χ1) is 15.1. The number of benzene rings is 2. The molecule has 168 valence electrons. The Kier molecular flexibility index (Phi) is 7.82. The third-order valence-corrected chi connectivity index (χ3v) is 6.72. The predicted octanol–water partition coefficient (Wildman–Crippen LogP) is 4.62. The number of thiazole rings is 1. The Morgan fingerprint density at radius 1 is 1.19 bits per heavy atom. The molecule has 12 heteroatoms. The molecule has 8 nitrogen and oxygen atoms in total. The van der Waals surface area contributed by atoms with Crippen LogP contribution in [-0.2, 0) is 10.0 Å². The summed E-state index contributed by atoms with van der Waals surface area (Å²) in [4.78, 5) is 16.7. The third kappa shape index (κ3) is 6.48. The highest BCUT2D eigenvalue weighted by molar-refractivity contribution is 9.10. The van der Waals surface area contributed by atoms with Gasteiger partial charge in [-0.05, 0) is 68.5 Å². The second-order valence-corrected chi connectivity index (χ2v) is 10.6. The standard InChI is InChI=1S/C20H19BrN4O4S3/c1-12(2)29-17-8-3-13(21)11-16(17)18(26)24-19(30)23-14-4-6-15(7-5-14)32(27,28)25-20-22-9-10-31-20/h3-12H,1-2H3,(H,22,25)(H2,23,24,26,30). The molecule has 0 saturated heterocycles. The van der Waals surface area contributed by atoms with Crippen molar-refractivity contribution in [3.8, 4) is 5.75 Å². The van der Waals surface area contributed by atoms with Gasteiger partial charge < -0.3 is 10.1 Å². The first kappa shape index (κ1) is 24.1. The molecule has 1 heterocycles. The third-order valence-electron chi connectivity index (χ3n) is 3.85. The highest BCUT2D eigenvalue weighted by Crippen LogP contribution is 2.24. The summed E-state index contributed by atoms with van der Waals surface area (Å²) in [6, 6.07) is 11.1. The van der Waals surface area contributed by atoms with Crippen molar-refractivity contribution < 1.29 is 17.9 Å². The molecule has 3 rings (SSSR count). The fourth-order valence-corrected chi connectivity index (χ4v) is 4.89. The van der Waals surface area contributed by atoms with Crippen molar-refractivity contribution in [3.05, 3.63) is 64.1 Å². The lowest BCUT2D eigenvalue weighted by Gasteiger charge is -2.15. The van der Waals surface area contributed by atoms with Crippen molar-refractivity contribution >= 4 is 71.3 Å². The van der Waals surface area contributed by atoms with E-state index in [-0.39, 0.29) is 21.2 Å². The molecule has 3 aromatic rings. The van der Waals surface area contributed by atoms with Crippen LogP contribution in [0.15, 0.2) is 63.4 Å². The number of aromatic nitrogens is 1. The summed E-state index contributed by atoms with van der Waals surface area (Å²) < 4.78 is 33.6. The van der Waals surface area contributed by atoms with Crippen LogP contribution in [0.2, 0.25) is 0 Å². The number of carbonyl (C=O) groups excluding carboxylic acids is 1. The molecule has 0 fully saturated rings. The second kappa shape index (κ2) is 10.4. The zero-order valence-corrected chi connectivity index (χ0v) is 21.0. The lowest BCUT2D eigenvalue weighted by atomic mass is 10.2. The van der Waals surface area contributed by atoms with E-state index in [1.807, 2.05) is 13.8 Å². The Morgan fingerprint density at radius 2 is 1.91 bits per heavy atom. The van der Waals surface area contributed by atoms with E-state index in [4.69, 9.17) is 17.0 Å². The topological polar surface area (TPSA) is 109 Å². The minimum atomic E-state index is -3.75. The Labute approximate surface area is 203 Å². The molecule has 0 aliphatic rings. The van der Waals surface area contributed by atoms with Crippen LogP contribution in [0, 0.1) is 0 Å². The summed E-state index contributed by atoms with van der Waals surface area (Å²) in [6.45, 7) is 3.73. The Balaban J connectivity index is 1.65. The van der Waals surface area contributed by atoms with Gasteiger partial charge in [-0.2, -0.15) is 0 Å². The molecule has 0 aliphatic carbocycles. The van der Waals surface area contributed by atoms with Crippen LogP contribution in [0.5, 0.6) is 5.75 Å². The van der Waals surface area contributed by atoms with Gasteiger partial charge in [-0.1, -0.05) is 15.9 Å². The predicted molar refractivity (Wildman–Crippen MR) is 133 cm³/mol. The quantitative estimate of drug-likeness (QED) is 0.365. The Hall–Kier alpha value is -2.54. The molecular formula is C20H19BrN4O4S3. The lowest BCUT2D eigenvalue weighted by Crippen LogP contribution is -2.34. The summed E-state index contributed by atoms with van der Waals surface area (Å²) >= 11 is 9.76. The molecule has 2 aromatic carbocycles. The van der Waals surface area contributed by atoms with E-state index < -0.39 is 15.9 Å². The zero-order valence-electron chi connectivity index (χ0n) is 17.0. The van der Waals surface area contributed by atoms with E-state index in [1.54, 1.807) is 35.7 Å². The first-order valence-corrected chi connectivity index (χ1v) is 12.8. The van der Waals surface area contributed by atoms with Crippen LogP contribution in [0.1, 0.15) is 24.2 Å². The van der Waals surface area contributed by atoms with Gasteiger partial charge in [-0.3, -0.25) is 14.8 Å². The van der Waals surface area contributed by atoms with Crippen LogP contribution >= 0.6 is 39.5 Å². The van der Waals surface area contributed by atoms with Gasteiger partial charge in [0.1, 0.15) is 5.75 Å². The largest absolute Gasteiger partial charge is 0.490 e. The number of nitrogens with one attached hydrogen (secondary N) is 3. The molecule has 0 radical (unpaired) electrons. The fourth-order valence-electron chi connectivity index (χ4n) is 2.53. The number of carbonyl (C=O) groups is 1. The maximum Gasteiger partial charge on any atom is 0.263 e. The van der Waals surface area contributed by atoms with E-state index in [0.29, 0.717) is 17.0 Å². The Bertz CT molecular complexity index is 1210. The molecule has 0 bridgehead atoms. The molecule has 1 amide bonds. The van der Waals surface area contributed by atoms with Crippen molar-refractivity contribution in [1.82, 2.24) is 10.3 Å². The summed E-state index contributed by atoms with van der Waals surface area (Å²) in [6.07, 6.45) is 1.41. The van der Waals surface area contributed by atoms with E-state index >= 15 is 0 Å². The highest BCUT2D eigenvalue weighted by atomic mass is 79.9. The average molecular weight is 556 g/mol. The van der Waals surface area contributed by atoms with Crippen LogP contribution in [0.4, 0.5) is 10.8 Å². The van der Waals surface area contributed by atoms with Crippen molar-refractivity contribution in [3.63, 3.8) is 0 Å². The number of hydrogen-bond donors (Lipinski definition) is 3. The summed E-state index contributed by atoms with van der Waals surface area (Å²) in [5.41, 5.74) is 0.836. The molecule has 0 saturated carbocycles. The molecular weight excluding hydrogens is 536 g/mol. The van der Waals surface area contributed by atoms with Crippen molar-refractivity contribution in [1.29, 1.82) is 0 Å². The van der Waals surface area contributed by atoms with E-state index in [0.717, 1.165) is 4.47 Å². The van der Waals surface area contributed by atoms with Gasteiger partial charge in [0.25, 0.3) is 15.9 Å². The van der Waals surface area contributed by atoms with Gasteiger partial charge in [-0.15, -0.1) is 11.3 Å². The monoisotopic (exact) mass is 554 g/mol. The number of rotatable bonds is 7. The Morgan fingerprint density at radius 3 is 2.53 bits per heavy atom. The van der Waals surface area contributed by atoms with E-state index in [9.17, 15) is 13.2 Å². The van der Waals surface area contributed by atoms with Crippen LogP contribution in [0.25, 0.3) is 0 Å². The van der Waals surface area contributed by atoms with Gasteiger partial charge in [-0.25, -0.2) is 13.4 Å². The number of amides is 1. The average Bonchev–Trinajstić information content (AvgIpc) is 3.21. The van der Waals surface area contributed by atoms with Crippen molar-refractivity contribution in [2.45, 2.75) is 24.8 Å². The maximum atomic E-state index is 12.7. The molecule has 32 heavy (non-hydrogen) atoms. The van der Waals surface area contributed by atoms with Crippen LogP contribution in [0.3, 0.4) is 0 Å².